The molecule has 0 atom stereocenters. The van der Waals surface area contributed by atoms with Gasteiger partial charge in [-0.3, -0.25) is 33.7 Å². The Balaban J connectivity index is 1.28. The van der Waals surface area contributed by atoms with Gasteiger partial charge in [-0.15, -0.1) is 0 Å². The van der Waals surface area contributed by atoms with Crippen molar-refractivity contribution in [2.24, 2.45) is 7.05 Å². The molecule has 0 spiro atoms. The first-order valence-electron chi connectivity index (χ1n) is 13.1. The molecule has 0 radical (unpaired) electrons. The van der Waals surface area contributed by atoms with E-state index >= 15 is 0 Å². The summed E-state index contributed by atoms with van der Waals surface area (Å²) in [5, 5.41) is 2.72. The van der Waals surface area contributed by atoms with Crippen LogP contribution in [0, 0.1) is 6.92 Å². The smallest absolute Gasteiger partial charge is 0.295 e. The van der Waals surface area contributed by atoms with Gasteiger partial charge in [0.2, 0.25) is 5.91 Å². The molecule has 9 nitrogen and oxygen atoms in total. The van der Waals surface area contributed by atoms with Gasteiger partial charge in [-0.1, -0.05) is 90.7 Å². The Kier molecular flexibility index (Phi) is 7.13. The van der Waals surface area contributed by atoms with E-state index in [0.29, 0.717) is 33.5 Å². The van der Waals surface area contributed by atoms with Crippen LogP contribution in [-0.2, 0) is 28.0 Å². The highest BCUT2D eigenvalue weighted by Gasteiger charge is 2.42. The maximum absolute atomic E-state index is 13.8. The minimum absolute atomic E-state index is 0.133. The molecule has 1 N–H and O–H groups in total. The van der Waals surface area contributed by atoms with Crippen LogP contribution in [0.2, 0.25) is 0 Å². The summed E-state index contributed by atoms with van der Waals surface area (Å²) < 4.78 is 3.50. The fraction of sp³-hybridized carbons (Fsp3) is 0.129. The third kappa shape index (κ3) is 4.66. The highest BCUT2D eigenvalue weighted by atomic mass is 32.2. The Hall–Kier alpha value is -4.74. The van der Waals surface area contributed by atoms with Crippen LogP contribution in [0.3, 0.4) is 0 Å². The number of rotatable bonds is 6. The molecular formula is C31H25N5O4S2. The number of benzene rings is 3. The number of para-hydroxylation sites is 2. The van der Waals surface area contributed by atoms with Crippen molar-refractivity contribution in [3.63, 3.8) is 0 Å². The van der Waals surface area contributed by atoms with Gasteiger partial charge in [-0.2, -0.15) is 0 Å². The topological polar surface area (TPSA) is 96.7 Å². The average molecular weight is 596 g/mol. The molecule has 6 rings (SSSR count). The SMILES string of the molecule is Cc1c(NC(=O)CN2C(=O)C(=C3SC(=S)N(Cc4ccccc4)C3=O)c3ccccc32)c(=O)n(-c2ccccc2)n1C. The first-order chi connectivity index (χ1) is 20.3. The summed E-state index contributed by atoms with van der Waals surface area (Å²) in [7, 11) is 1.74. The number of nitrogens with zero attached hydrogens (tertiary/aromatic N) is 4. The molecule has 0 saturated carbocycles. The lowest BCUT2D eigenvalue weighted by Gasteiger charge is -2.16. The van der Waals surface area contributed by atoms with Crippen LogP contribution in [0.4, 0.5) is 11.4 Å². The monoisotopic (exact) mass is 595 g/mol. The molecule has 1 fully saturated rings. The lowest BCUT2D eigenvalue weighted by atomic mass is 10.1. The third-order valence-corrected chi connectivity index (χ3v) is 8.75. The number of carbonyl (C=O) groups excluding carboxylic acids is 3. The minimum Gasteiger partial charge on any atom is -0.318 e. The first-order valence-corrected chi connectivity index (χ1v) is 14.4. The van der Waals surface area contributed by atoms with E-state index in [9.17, 15) is 19.2 Å². The van der Waals surface area contributed by atoms with Crippen LogP contribution in [0.15, 0.2) is 94.6 Å². The second-order valence-corrected chi connectivity index (χ2v) is 11.5. The summed E-state index contributed by atoms with van der Waals surface area (Å²) in [5.41, 5.74) is 3.16. The normalized spacial score (nSPS) is 16.4. The quantitative estimate of drug-likeness (QED) is 0.265. The molecular weight excluding hydrogens is 571 g/mol. The summed E-state index contributed by atoms with van der Waals surface area (Å²) in [6.45, 7) is 1.69. The number of nitrogens with one attached hydrogen (secondary N) is 1. The van der Waals surface area contributed by atoms with Crippen molar-refractivity contribution in [1.29, 1.82) is 0 Å². The molecule has 3 aromatic carbocycles. The van der Waals surface area contributed by atoms with Crippen LogP contribution >= 0.6 is 24.0 Å². The van der Waals surface area contributed by atoms with Gasteiger partial charge in [0.25, 0.3) is 17.4 Å². The maximum Gasteiger partial charge on any atom is 0.295 e. The van der Waals surface area contributed by atoms with Crippen molar-refractivity contribution < 1.29 is 14.4 Å². The van der Waals surface area contributed by atoms with Crippen LogP contribution in [0.5, 0.6) is 0 Å². The second-order valence-electron chi connectivity index (χ2n) is 9.84. The highest BCUT2D eigenvalue weighted by Crippen LogP contribution is 2.44. The van der Waals surface area contributed by atoms with E-state index in [1.54, 1.807) is 55.1 Å². The van der Waals surface area contributed by atoms with E-state index in [-0.39, 0.29) is 34.2 Å². The van der Waals surface area contributed by atoms with Crippen molar-refractivity contribution in [3.8, 4) is 5.69 Å². The van der Waals surface area contributed by atoms with Crippen molar-refractivity contribution in [3.05, 3.63) is 117 Å². The van der Waals surface area contributed by atoms with Crippen molar-refractivity contribution >= 4 is 63.0 Å². The number of fused-ring (bicyclic) bond motifs is 1. The minimum atomic E-state index is -0.540. The molecule has 2 aliphatic heterocycles. The lowest BCUT2D eigenvalue weighted by molar-refractivity contribution is -0.122. The Morgan fingerprint density at radius 3 is 2.21 bits per heavy atom. The van der Waals surface area contributed by atoms with Crippen molar-refractivity contribution in [2.45, 2.75) is 13.5 Å². The number of hydrogen-bond acceptors (Lipinski definition) is 6. The summed E-state index contributed by atoms with van der Waals surface area (Å²) in [6, 6.07) is 25.6. The molecule has 0 aliphatic carbocycles. The Labute approximate surface area is 251 Å². The fourth-order valence-electron chi connectivity index (χ4n) is 5.14. The Bertz CT molecular complexity index is 1860. The summed E-state index contributed by atoms with van der Waals surface area (Å²) in [5.74, 6) is -1.36. The predicted octanol–water partition coefficient (Wildman–Crippen LogP) is 4.24. The van der Waals surface area contributed by atoms with Crippen molar-refractivity contribution in [1.82, 2.24) is 14.3 Å². The number of anilines is 2. The van der Waals surface area contributed by atoms with E-state index in [1.165, 1.54) is 14.5 Å². The molecule has 0 bridgehead atoms. The molecule has 0 unspecified atom stereocenters. The fourth-order valence-corrected chi connectivity index (χ4v) is 6.47. The summed E-state index contributed by atoms with van der Waals surface area (Å²) in [4.78, 5) is 57.0. The largest absolute Gasteiger partial charge is 0.318 e. The Morgan fingerprint density at radius 2 is 1.50 bits per heavy atom. The van der Waals surface area contributed by atoms with Gasteiger partial charge in [0, 0.05) is 12.6 Å². The van der Waals surface area contributed by atoms with Crippen LogP contribution in [0.1, 0.15) is 16.8 Å². The summed E-state index contributed by atoms with van der Waals surface area (Å²) >= 11 is 6.61. The molecule has 2 aliphatic rings. The number of hydrogen-bond donors (Lipinski definition) is 1. The molecule has 210 valence electrons. The molecule has 3 heterocycles. The van der Waals surface area contributed by atoms with Gasteiger partial charge >= 0.3 is 0 Å². The lowest BCUT2D eigenvalue weighted by Crippen LogP contribution is -2.36. The number of thiocarbonyl (C=S) groups is 1. The standard InChI is InChI=1S/C31H25N5O4S2/c1-19-26(29(39)36(33(19)2)21-13-7-4-8-14-21)32-24(37)18-34-23-16-10-9-15-22(23)25(28(34)38)27-30(40)35(31(41)42-27)17-20-11-5-3-6-12-20/h3-16H,17-18H2,1-2H3,(H,32,37). The summed E-state index contributed by atoms with van der Waals surface area (Å²) in [6.07, 6.45) is 0. The van der Waals surface area contributed by atoms with E-state index in [4.69, 9.17) is 12.2 Å². The Morgan fingerprint density at radius 1 is 0.857 bits per heavy atom. The van der Waals surface area contributed by atoms with Gasteiger partial charge < -0.3 is 5.32 Å². The van der Waals surface area contributed by atoms with Gasteiger partial charge in [-0.05, 0) is 30.7 Å². The predicted molar refractivity (Wildman–Crippen MR) is 167 cm³/mol. The van der Waals surface area contributed by atoms with Gasteiger partial charge in [0.05, 0.1) is 34.1 Å². The zero-order chi connectivity index (χ0) is 29.5. The van der Waals surface area contributed by atoms with Crippen LogP contribution < -0.4 is 15.8 Å². The van der Waals surface area contributed by atoms with Crippen LogP contribution in [-0.4, -0.2) is 42.9 Å². The zero-order valence-corrected chi connectivity index (χ0v) is 24.4. The highest BCUT2D eigenvalue weighted by molar-refractivity contribution is 8.26. The third-order valence-electron chi connectivity index (χ3n) is 7.30. The molecule has 1 saturated heterocycles. The maximum atomic E-state index is 13.8. The average Bonchev–Trinajstić information content (AvgIpc) is 3.51. The second kappa shape index (κ2) is 10.9. The molecule has 4 aromatic rings. The molecule has 1 aromatic heterocycles. The van der Waals surface area contributed by atoms with E-state index in [0.717, 1.165) is 17.3 Å². The molecule has 3 amide bonds. The molecule has 11 heteroatoms. The number of thioether (sulfide) groups is 1. The molecule has 42 heavy (non-hydrogen) atoms. The van der Waals surface area contributed by atoms with E-state index < -0.39 is 11.8 Å². The number of aromatic nitrogens is 2. The number of amides is 3. The van der Waals surface area contributed by atoms with E-state index in [2.05, 4.69) is 5.32 Å². The van der Waals surface area contributed by atoms with Crippen molar-refractivity contribution in [2.75, 3.05) is 16.8 Å². The van der Waals surface area contributed by atoms with Gasteiger partial charge in [0.1, 0.15) is 16.6 Å². The zero-order valence-electron chi connectivity index (χ0n) is 22.7. The van der Waals surface area contributed by atoms with Gasteiger partial charge in [-0.25, -0.2) is 4.68 Å². The first kappa shape index (κ1) is 27.4. The van der Waals surface area contributed by atoms with Crippen LogP contribution in [0.25, 0.3) is 11.3 Å². The number of carbonyl (C=O) groups is 3. The van der Waals surface area contributed by atoms with E-state index in [1.807, 2.05) is 48.5 Å². The van der Waals surface area contributed by atoms with Gasteiger partial charge in [0.15, 0.2) is 0 Å².